The number of nitrogens with two attached hydrogens (primary N) is 1. The molecule has 0 atom stereocenters. The van der Waals surface area contributed by atoms with Gasteiger partial charge in [0.05, 0.1) is 23.5 Å². The number of nitriles is 1. The minimum atomic E-state index is 0.433. The summed E-state index contributed by atoms with van der Waals surface area (Å²) in [6.07, 6.45) is 3.26. The van der Waals surface area contributed by atoms with Crippen molar-refractivity contribution in [1.29, 1.82) is 5.26 Å². The normalized spacial score (nSPS) is 9.44. The van der Waals surface area contributed by atoms with E-state index in [1.807, 2.05) is 6.07 Å². The topological polar surface area (TPSA) is 71.9 Å². The maximum absolute atomic E-state index is 8.69. The predicted molar refractivity (Wildman–Crippen MR) is 59.9 cm³/mol. The third kappa shape index (κ3) is 2.10. The molecule has 0 unspecified atom stereocenters. The average Bonchev–Trinajstić information content (AvgIpc) is 2.33. The molecule has 0 saturated heterocycles. The van der Waals surface area contributed by atoms with Crippen LogP contribution in [-0.4, -0.2) is 4.98 Å². The van der Waals surface area contributed by atoms with Gasteiger partial charge in [0, 0.05) is 6.20 Å². The predicted octanol–water partition coefficient (Wildman–Crippen LogP) is 2.33. The van der Waals surface area contributed by atoms with E-state index in [1.54, 1.807) is 42.7 Å². The van der Waals surface area contributed by atoms with Crippen LogP contribution >= 0.6 is 0 Å². The number of benzene rings is 1. The van der Waals surface area contributed by atoms with E-state index in [4.69, 9.17) is 15.7 Å². The fourth-order valence-electron chi connectivity index (χ4n) is 1.25. The van der Waals surface area contributed by atoms with Crippen molar-refractivity contribution in [3.63, 3.8) is 0 Å². The molecular formula is C12H9N3O. The summed E-state index contributed by atoms with van der Waals surface area (Å²) in [5.41, 5.74) is 6.69. The van der Waals surface area contributed by atoms with Gasteiger partial charge < -0.3 is 10.5 Å². The Morgan fingerprint density at radius 1 is 1.31 bits per heavy atom. The SMILES string of the molecule is N#Cc1ccc(Oc2cccnc2)c(N)c1. The van der Waals surface area contributed by atoms with Crippen LogP contribution in [-0.2, 0) is 0 Å². The maximum atomic E-state index is 8.69. The Kier molecular flexibility index (Phi) is 2.70. The summed E-state index contributed by atoms with van der Waals surface area (Å²) in [4.78, 5) is 3.93. The molecule has 0 aliphatic carbocycles. The number of hydrogen-bond acceptors (Lipinski definition) is 4. The first-order valence-corrected chi connectivity index (χ1v) is 4.67. The Labute approximate surface area is 92.9 Å². The molecule has 0 aliphatic rings. The lowest BCUT2D eigenvalue weighted by molar-refractivity contribution is 0.482. The van der Waals surface area contributed by atoms with Gasteiger partial charge >= 0.3 is 0 Å². The lowest BCUT2D eigenvalue weighted by Crippen LogP contribution is -1.93. The van der Waals surface area contributed by atoms with Gasteiger partial charge in [0.1, 0.15) is 11.5 Å². The second-order valence-corrected chi connectivity index (χ2v) is 3.16. The van der Waals surface area contributed by atoms with Gasteiger partial charge in [0.15, 0.2) is 0 Å². The number of nitrogen functional groups attached to an aromatic ring is 1. The molecule has 4 nitrogen and oxygen atoms in total. The van der Waals surface area contributed by atoms with Gasteiger partial charge in [0.25, 0.3) is 0 Å². The highest BCUT2D eigenvalue weighted by Crippen LogP contribution is 2.27. The third-order valence-electron chi connectivity index (χ3n) is 2.00. The summed E-state index contributed by atoms with van der Waals surface area (Å²) in [7, 11) is 0. The van der Waals surface area contributed by atoms with Gasteiger partial charge in [-0.3, -0.25) is 4.98 Å². The van der Waals surface area contributed by atoms with Crippen molar-refractivity contribution in [2.45, 2.75) is 0 Å². The van der Waals surface area contributed by atoms with Gasteiger partial charge in [-0.2, -0.15) is 5.26 Å². The highest BCUT2D eigenvalue weighted by molar-refractivity contribution is 5.57. The van der Waals surface area contributed by atoms with E-state index in [-0.39, 0.29) is 0 Å². The molecule has 0 amide bonds. The number of anilines is 1. The van der Waals surface area contributed by atoms with Crippen LogP contribution in [0.1, 0.15) is 5.56 Å². The molecule has 2 aromatic rings. The molecule has 2 N–H and O–H groups in total. The Morgan fingerprint density at radius 3 is 2.81 bits per heavy atom. The molecule has 1 aromatic carbocycles. The second-order valence-electron chi connectivity index (χ2n) is 3.16. The molecule has 0 fully saturated rings. The van der Waals surface area contributed by atoms with Crippen molar-refractivity contribution >= 4 is 5.69 Å². The molecule has 4 heteroatoms. The highest BCUT2D eigenvalue weighted by atomic mass is 16.5. The van der Waals surface area contributed by atoms with Gasteiger partial charge in [-0.25, -0.2) is 0 Å². The zero-order valence-corrected chi connectivity index (χ0v) is 8.42. The first-order chi connectivity index (χ1) is 7.79. The van der Waals surface area contributed by atoms with Crippen LogP contribution in [0.4, 0.5) is 5.69 Å². The Morgan fingerprint density at radius 2 is 2.19 bits per heavy atom. The second kappa shape index (κ2) is 4.32. The van der Waals surface area contributed by atoms with Crippen LogP contribution in [0.2, 0.25) is 0 Å². The van der Waals surface area contributed by atoms with Gasteiger partial charge in [0.2, 0.25) is 0 Å². The summed E-state index contributed by atoms with van der Waals surface area (Å²) in [5.74, 6) is 1.13. The maximum Gasteiger partial charge on any atom is 0.150 e. The number of hydrogen-bond donors (Lipinski definition) is 1. The molecule has 1 heterocycles. The van der Waals surface area contributed by atoms with Gasteiger partial charge in [-0.1, -0.05) is 0 Å². The Bertz CT molecular complexity index is 532. The van der Waals surface area contributed by atoms with Crippen molar-refractivity contribution in [3.8, 4) is 17.6 Å². The van der Waals surface area contributed by atoms with Crippen molar-refractivity contribution in [2.24, 2.45) is 0 Å². The Hall–Kier alpha value is -2.54. The van der Waals surface area contributed by atoms with Crippen LogP contribution in [0.5, 0.6) is 11.5 Å². The van der Waals surface area contributed by atoms with Crippen LogP contribution in [0.15, 0.2) is 42.7 Å². The van der Waals surface area contributed by atoms with E-state index >= 15 is 0 Å². The van der Waals surface area contributed by atoms with Crippen LogP contribution in [0, 0.1) is 11.3 Å². The standard InChI is InChI=1S/C12H9N3O/c13-7-9-3-4-12(11(14)6-9)16-10-2-1-5-15-8-10/h1-6,8H,14H2. The highest BCUT2D eigenvalue weighted by Gasteiger charge is 2.03. The lowest BCUT2D eigenvalue weighted by atomic mass is 10.2. The van der Waals surface area contributed by atoms with Crippen LogP contribution < -0.4 is 10.5 Å². The van der Waals surface area contributed by atoms with Crippen molar-refractivity contribution in [1.82, 2.24) is 4.98 Å². The molecule has 2 rings (SSSR count). The van der Waals surface area contributed by atoms with E-state index < -0.39 is 0 Å². The van der Waals surface area contributed by atoms with Crippen molar-refractivity contribution in [2.75, 3.05) is 5.73 Å². The van der Waals surface area contributed by atoms with Crippen LogP contribution in [0.25, 0.3) is 0 Å². The van der Waals surface area contributed by atoms with E-state index in [9.17, 15) is 0 Å². The van der Waals surface area contributed by atoms with Gasteiger partial charge in [-0.05, 0) is 30.3 Å². The molecule has 0 aliphatic heterocycles. The first kappa shape index (κ1) is 9.99. The first-order valence-electron chi connectivity index (χ1n) is 4.67. The summed E-state index contributed by atoms with van der Waals surface area (Å²) < 4.78 is 5.51. The quantitative estimate of drug-likeness (QED) is 0.774. The number of nitrogens with zero attached hydrogens (tertiary/aromatic N) is 2. The molecule has 0 bridgehead atoms. The van der Waals surface area contributed by atoms with Crippen LogP contribution in [0.3, 0.4) is 0 Å². The summed E-state index contributed by atoms with van der Waals surface area (Å²) in [5, 5.41) is 8.69. The molecule has 0 radical (unpaired) electrons. The van der Waals surface area contributed by atoms with Crippen molar-refractivity contribution < 1.29 is 4.74 Å². The summed E-state index contributed by atoms with van der Waals surface area (Å²) >= 11 is 0. The number of rotatable bonds is 2. The molecule has 16 heavy (non-hydrogen) atoms. The number of aromatic nitrogens is 1. The number of ether oxygens (including phenoxy) is 1. The van der Waals surface area contributed by atoms with Gasteiger partial charge in [-0.15, -0.1) is 0 Å². The molecule has 0 saturated carbocycles. The largest absolute Gasteiger partial charge is 0.454 e. The third-order valence-corrected chi connectivity index (χ3v) is 2.00. The molecular weight excluding hydrogens is 202 g/mol. The smallest absolute Gasteiger partial charge is 0.150 e. The fourth-order valence-corrected chi connectivity index (χ4v) is 1.25. The Balaban J connectivity index is 2.27. The monoisotopic (exact) mass is 211 g/mol. The van der Waals surface area contributed by atoms with E-state index in [0.717, 1.165) is 0 Å². The molecule has 1 aromatic heterocycles. The average molecular weight is 211 g/mol. The summed E-state index contributed by atoms with van der Waals surface area (Å²) in [6, 6.07) is 10.5. The summed E-state index contributed by atoms with van der Waals surface area (Å²) in [6.45, 7) is 0. The van der Waals surface area contributed by atoms with E-state index in [1.165, 1.54) is 0 Å². The lowest BCUT2D eigenvalue weighted by Gasteiger charge is -2.07. The number of pyridine rings is 1. The minimum Gasteiger partial charge on any atom is -0.454 e. The minimum absolute atomic E-state index is 0.433. The van der Waals surface area contributed by atoms with E-state index in [0.29, 0.717) is 22.7 Å². The molecule has 78 valence electrons. The zero-order valence-electron chi connectivity index (χ0n) is 8.42. The zero-order chi connectivity index (χ0) is 11.4. The van der Waals surface area contributed by atoms with Crippen molar-refractivity contribution in [3.05, 3.63) is 48.3 Å². The van der Waals surface area contributed by atoms with E-state index in [2.05, 4.69) is 4.98 Å². The fraction of sp³-hybridized carbons (Fsp3) is 0. The molecule has 0 spiro atoms.